The maximum atomic E-state index is 9.67. The maximum absolute atomic E-state index is 9.67. The van der Waals surface area contributed by atoms with E-state index in [1.54, 1.807) is 24.3 Å². The lowest BCUT2D eigenvalue weighted by atomic mass is 9.97. The number of aromatic hydroxyl groups is 1. The maximum Gasteiger partial charge on any atom is 0.161 e. The lowest BCUT2D eigenvalue weighted by Gasteiger charge is -2.07. The van der Waals surface area contributed by atoms with Crippen LogP contribution >= 0.6 is 0 Å². The first-order valence-electron chi connectivity index (χ1n) is 7.20. The Hall–Kier alpha value is -3.25. The summed E-state index contributed by atoms with van der Waals surface area (Å²) in [4.78, 5) is 0. The van der Waals surface area contributed by atoms with Crippen LogP contribution in [0, 0.1) is 11.3 Å². The highest BCUT2D eigenvalue weighted by Gasteiger charge is 2.07. The van der Waals surface area contributed by atoms with Crippen LogP contribution in [0.1, 0.15) is 11.1 Å². The molecule has 23 heavy (non-hydrogen) atoms. The van der Waals surface area contributed by atoms with Gasteiger partial charge in [0.2, 0.25) is 0 Å². The van der Waals surface area contributed by atoms with Crippen molar-refractivity contribution in [3.05, 3.63) is 71.8 Å². The van der Waals surface area contributed by atoms with Crippen LogP contribution < -0.4 is 4.74 Å². The lowest BCUT2D eigenvalue weighted by molar-refractivity contribution is 0.373. The second-order valence-electron chi connectivity index (χ2n) is 5.13. The molecule has 0 radical (unpaired) electrons. The van der Waals surface area contributed by atoms with Gasteiger partial charge in [-0.3, -0.25) is 0 Å². The summed E-state index contributed by atoms with van der Waals surface area (Å²) in [6, 6.07) is 21.2. The van der Waals surface area contributed by atoms with Gasteiger partial charge in [0.15, 0.2) is 11.5 Å². The van der Waals surface area contributed by atoms with Crippen molar-refractivity contribution in [2.24, 2.45) is 0 Å². The molecule has 3 aromatic rings. The van der Waals surface area contributed by atoms with E-state index in [1.165, 1.54) is 7.11 Å². The third kappa shape index (κ3) is 2.88. The minimum Gasteiger partial charge on any atom is -0.504 e. The molecule has 0 bridgehead atoms. The van der Waals surface area contributed by atoms with Crippen LogP contribution in [0.4, 0.5) is 0 Å². The van der Waals surface area contributed by atoms with Gasteiger partial charge < -0.3 is 9.84 Å². The van der Waals surface area contributed by atoms with Crippen LogP contribution in [0.2, 0.25) is 0 Å². The molecule has 0 aliphatic carbocycles. The van der Waals surface area contributed by atoms with Gasteiger partial charge in [-0.1, -0.05) is 48.5 Å². The Kier molecular flexibility index (Phi) is 3.99. The van der Waals surface area contributed by atoms with Crippen molar-refractivity contribution >= 4 is 22.4 Å². The molecule has 3 aromatic carbocycles. The minimum absolute atomic E-state index is 0.0771. The third-order valence-corrected chi connectivity index (χ3v) is 3.72. The summed E-state index contributed by atoms with van der Waals surface area (Å²) in [7, 11) is 1.50. The third-order valence-electron chi connectivity index (χ3n) is 3.72. The molecule has 0 fully saturated rings. The van der Waals surface area contributed by atoms with Gasteiger partial charge in [-0.05, 0) is 34.5 Å². The molecule has 0 spiro atoms. The summed E-state index contributed by atoms with van der Waals surface area (Å²) in [5, 5.41) is 21.4. The van der Waals surface area contributed by atoms with Crippen LogP contribution in [0.3, 0.4) is 0 Å². The number of nitrogens with zero attached hydrogens (tertiary/aromatic N) is 1. The van der Waals surface area contributed by atoms with E-state index < -0.39 is 0 Å². The summed E-state index contributed by atoms with van der Waals surface area (Å²) < 4.78 is 5.11. The highest BCUT2D eigenvalue weighted by atomic mass is 16.5. The second kappa shape index (κ2) is 6.25. The zero-order valence-electron chi connectivity index (χ0n) is 12.7. The predicted molar refractivity (Wildman–Crippen MR) is 92.1 cm³/mol. The molecular weight excluding hydrogens is 286 g/mol. The molecule has 0 aliphatic heterocycles. The van der Waals surface area contributed by atoms with E-state index in [-0.39, 0.29) is 5.75 Å². The number of benzene rings is 3. The van der Waals surface area contributed by atoms with Crippen LogP contribution in [0.15, 0.2) is 60.7 Å². The largest absolute Gasteiger partial charge is 0.504 e. The van der Waals surface area contributed by atoms with Crippen LogP contribution in [-0.4, -0.2) is 12.2 Å². The first-order valence-corrected chi connectivity index (χ1v) is 7.20. The van der Waals surface area contributed by atoms with Crippen molar-refractivity contribution in [3.8, 4) is 17.6 Å². The number of methoxy groups -OCH3 is 1. The number of allylic oxidation sites excluding steroid dienone is 1. The summed E-state index contributed by atoms with van der Waals surface area (Å²) in [5.41, 5.74) is 2.25. The summed E-state index contributed by atoms with van der Waals surface area (Å²) in [5.74, 6) is 0.460. The van der Waals surface area contributed by atoms with E-state index in [4.69, 9.17) is 4.74 Å². The molecule has 112 valence electrons. The summed E-state index contributed by atoms with van der Waals surface area (Å²) in [6.45, 7) is 0. The van der Waals surface area contributed by atoms with E-state index in [2.05, 4.69) is 6.07 Å². The van der Waals surface area contributed by atoms with Crippen molar-refractivity contribution < 1.29 is 9.84 Å². The Balaban J connectivity index is 2.14. The fraction of sp³-hybridized carbons (Fsp3) is 0.0500. The zero-order chi connectivity index (χ0) is 16.2. The normalized spacial score (nSPS) is 11.2. The molecule has 0 heterocycles. The number of ether oxygens (including phenoxy) is 1. The number of hydrogen-bond acceptors (Lipinski definition) is 3. The number of phenols is 1. The number of fused-ring (bicyclic) bond motifs is 1. The molecule has 3 heteroatoms. The standard InChI is InChI=1S/C20H15NO2/c1-23-20-12-14(9-10-19(20)22)11-16(13-21)18-8-4-6-15-5-2-3-7-17(15)18/h2-12,22H,1H3/b16-11-. The monoisotopic (exact) mass is 301 g/mol. The Bertz CT molecular complexity index is 931. The van der Waals surface area contributed by atoms with Crippen molar-refractivity contribution in [1.82, 2.24) is 0 Å². The molecule has 0 saturated heterocycles. The van der Waals surface area contributed by atoms with Crippen LogP contribution in [0.25, 0.3) is 22.4 Å². The zero-order valence-corrected chi connectivity index (χ0v) is 12.7. The van der Waals surface area contributed by atoms with Crippen LogP contribution in [-0.2, 0) is 0 Å². The highest BCUT2D eigenvalue weighted by Crippen LogP contribution is 2.30. The van der Waals surface area contributed by atoms with Gasteiger partial charge in [-0.25, -0.2) is 0 Å². The lowest BCUT2D eigenvalue weighted by Crippen LogP contribution is -1.87. The van der Waals surface area contributed by atoms with E-state index in [9.17, 15) is 10.4 Å². The Morgan fingerprint density at radius 2 is 1.87 bits per heavy atom. The molecule has 0 atom stereocenters. The van der Waals surface area contributed by atoms with Crippen LogP contribution in [0.5, 0.6) is 11.5 Å². The Morgan fingerprint density at radius 1 is 1.09 bits per heavy atom. The number of phenolic OH excluding ortho intramolecular Hbond substituents is 1. The smallest absolute Gasteiger partial charge is 0.161 e. The average Bonchev–Trinajstić information content (AvgIpc) is 2.60. The van der Waals surface area contributed by atoms with E-state index in [0.29, 0.717) is 11.3 Å². The first kappa shape index (κ1) is 14.7. The molecule has 0 aliphatic rings. The number of hydrogen-bond donors (Lipinski definition) is 1. The fourth-order valence-electron chi connectivity index (χ4n) is 2.58. The van der Waals surface area contributed by atoms with Gasteiger partial charge in [0.25, 0.3) is 0 Å². The van der Waals surface area contributed by atoms with Crippen molar-refractivity contribution in [2.75, 3.05) is 7.11 Å². The molecular formula is C20H15NO2. The average molecular weight is 301 g/mol. The van der Waals surface area contributed by atoms with Crippen molar-refractivity contribution in [1.29, 1.82) is 5.26 Å². The van der Waals surface area contributed by atoms with Gasteiger partial charge in [0, 0.05) is 5.56 Å². The van der Waals surface area contributed by atoms with Crippen molar-refractivity contribution in [3.63, 3.8) is 0 Å². The van der Waals surface area contributed by atoms with E-state index >= 15 is 0 Å². The molecule has 3 rings (SSSR count). The molecule has 0 saturated carbocycles. The van der Waals surface area contributed by atoms with Gasteiger partial charge in [-0.15, -0.1) is 0 Å². The molecule has 0 unspecified atom stereocenters. The van der Waals surface area contributed by atoms with Gasteiger partial charge in [-0.2, -0.15) is 5.26 Å². The number of rotatable bonds is 3. The molecule has 0 amide bonds. The topological polar surface area (TPSA) is 53.2 Å². The highest BCUT2D eigenvalue weighted by molar-refractivity contribution is 6.01. The SMILES string of the molecule is COc1cc(/C=C(/C#N)c2cccc3ccccc23)ccc1O. The second-order valence-corrected chi connectivity index (χ2v) is 5.13. The Morgan fingerprint density at radius 3 is 2.65 bits per heavy atom. The fourth-order valence-corrected chi connectivity index (χ4v) is 2.58. The molecule has 3 nitrogen and oxygen atoms in total. The van der Waals surface area contributed by atoms with Gasteiger partial charge >= 0.3 is 0 Å². The van der Waals surface area contributed by atoms with E-state index in [1.807, 2.05) is 42.5 Å². The quantitative estimate of drug-likeness (QED) is 0.567. The Labute approximate surface area is 134 Å². The predicted octanol–water partition coefficient (Wildman–Crippen LogP) is 4.62. The summed E-state index contributed by atoms with van der Waals surface area (Å²) in [6.07, 6.45) is 1.80. The number of nitriles is 1. The summed E-state index contributed by atoms with van der Waals surface area (Å²) >= 11 is 0. The molecule has 1 N–H and O–H groups in total. The van der Waals surface area contributed by atoms with Gasteiger partial charge in [0.05, 0.1) is 18.8 Å². The first-order chi connectivity index (χ1) is 11.2. The van der Waals surface area contributed by atoms with E-state index in [0.717, 1.165) is 21.9 Å². The molecule has 0 aromatic heterocycles. The minimum atomic E-state index is 0.0771. The van der Waals surface area contributed by atoms with Gasteiger partial charge in [0.1, 0.15) is 0 Å². The van der Waals surface area contributed by atoms with Crippen molar-refractivity contribution in [2.45, 2.75) is 0 Å².